The van der Waals surface area contributed by atoms with Crippen LogP contribution in [0, 0.1) is 6.92 Å². The molecule has 2 N–H and O–H groups in total. The van der Waals surface area contributed by atoms with Gasteiger partial charge in [0.25, 0.3) is 0 Å². The Kier molecular flexibility index (Phi) is 3.69. The fraction of sp³-hybridized carbons (Fsp3) is 0.800. The zero-order valence-electron chi connectivity index (χ0n) is 9.12. The van der Waals surface area contributed by atoms with Crippen LogP contribution in [0.25, 0.3) is 0 Å². The van der Waals surface area contributed by atoms with Crippen molar-refractivity contribution in [2.75, 3.05) is 19.6 Å². The first-order chi connectivity index (χ1) is 7.34. The molecular weight excluding hydrogens is 192 g/mol. The molecule has 0 aliphatic carbocycles. The van der Waals surface area contributed by atoms with Crippen molar-refractivity contribution in [2.24, 2.45) is 0 Å². The number of nitrogens with zero attached hydrogens (tertiary/aromatic N) is 2. The molecule has 1 aromatic rings. The summed E-state index contributed by atoms with van der Waals surface area (Å²) in [5.41, 5.74) is 0. The van der Waals surface area contributed by atoms with Gasteiger partial charge in [-0.25, -0.2) is 0 Å². The summed E-state index contributed by atoms with van der Waals surface area (Å²) in [6, 6.07) is 0.648. The Hall–Kier alpha value is -0.940. The van der Waals surface area contributed by atoms with Crippen LogP contribution < -0.4 is 10.6 Å². The Balaban J connectivity index is 1.65. The number of hydrogen-bond donors (Lipinski definition) is 2. The Morgan fingerprint density at radius 2 is 2.27 bits per heavy atom. The minimum absolute atomic E-state index is 0.648. The van der Waals surface area contributed by atoms with Gasteiger partial charge >= 0.3 is 0 Å². The second kappa shape index (κ2) is 5.23. The van der Waals surface area contributed by atoms with Crippen molar-refractivity contribution >= 4 is 0 Å². The zero-order chi connectivity index (χ0) is 10.5. The summed E-state index contributed by atoms with van der Waals surface area (Å²) in [6.45, 7) is 5.01. The number of rotatable bonds is 4. The fourth-order valence-electron chi connectivity index (χ4n) is 1.85. The number of aryl methyl sites for hydroxylation is 1. The van der Waals surface area contributed by atoms with Crippen LogP contribution in [0.15, 0.2) is 4.52 Å². The summed E-state index contributed by atoms with van der Waals surface area (Å²) >= 11 is 0. The molecule has 0 spiro atoms. The summed E-state index contributed by atoms with van der Waals surface area (Å²) in [5, 5.41) is 10.6. The van der Waals surface area contributed by atoms with Crippen molar-refractivity contribution in [1.29, 1.82) is 0 Å². The van der Waals surface area contributed by atoms with Gasteiger partial charge in [-0.1, -0.05) is 5.16 Å². The SMILES string of the molecule is Cc1noc(CCNC2CCNCC2)n1. The van der Waals surface area contributed by atoms with Gasteiger partial charge in [0.15, 0.2) is 5.82 Å². The van der Waals surface area contributed by atoms with Gasteiger partial charge in [-0.15, -0.1) is 0 Å². The Bertz CT molecular complexity index is 293. The van der Waals surface area contributed by atoms with E-state index in [0.717, 1.165) is 31.9 Å². The lowest BCUT2D eigenvalue weighted by Gasteiger charge is -2.23. The predicted octanol–water partition coefficient (Wildman–Crippen LogP) is 0.262. The average molecular weight is 210 g/mol. The van der Waals surface area contributed by atoms with Crippen molar-refractivity contribution in [1.82, 2.24) is 20.8 Å². The monoisotopic (exact) mass is 210 g/mol. The highest BCUT2D eigenvalue weighted by Crippen LogP contribution is 2.02. The van der Waals surface area contributed by atoms with Gasteiger partial charge in [0.2, 0.25) is 5.89 Å². The van der Waals surface area contributed by atoms with Crippen LogP contribution in [-0.2, 0) is 6.42 Å². The maximum Gasteiger partial charge on any atom is 0.227 e. The van der Waals surface area contributed by atoms with Crippen molar-refractivity contribution in [3.63, 3.8) is 0 Å². The first-order valence-corrected chi connectivity index (χ1v) is 5.58. The first-order valence-electron chi connectivity index (χ1n) is 5.58. The first kappa shape index (κ1) is 10.6. The second-order valence-electron chi connectivity index (χ2n) is 3.96. The third-order valence-corrected chi connectivity index (χ3v) is 2.68. The molecule has 0 amide bonds. The van der Waals surface area contributed by atoms with Gasteiger partial charge in [0.1, 0.15) is 0 Å². The predicted molar refractivity (Wildman–Crippen MR) is 56.6 cm³/mol. The minimum Gasteiger partial charge on any atom is -0.339 e. The number of hydrogen-bond acceptors (Lipinski definition) is 5. The summed E-state index contributed by atoms with van der Waals surface area (Å²) in [5.74, 6) is 1.45. The number of piperidine rings is 1. The molecule has 1 aliphatic rings. The molecule has 15 heavy (non-hydrogen) atoms. The van der Waals surface area contributed by atoms with E-state index in [1.165, 1.54) is 12.8 Å². The Labute approximate surface area is 89.6 Å². The van der Waals surface area contributed by atoms with E-state index >= 15 is 0 Å². The van der Waals surface area contributed by atoms with E-state index in [2.05, 4.69) is 20.8 Å². The Morgan fingerprint density at radius 1 is 1.47 bits per heavy atom. The lowest BCUT2D eigenvalue weighted by atomic mass is 10.1. The van der Waals surface area contributed by atoms with E-state index in [1.54, 1.807) is 0 Å². The van der Waals surface area contributed by atoms with Gasteiger partial charge in [0.05, 0.1) is 0 Å². The van der Waals surface area contributed by atoms with Crippen LogP contribution in [-0.4, -0.2) is 35.8 Å². The second-order valence-corrected chi connectivity index (χ2v) is 3.96. The quantitative estimate of drug-likeness (QED) is 0.746. The van der Waals surface area contributed by atoms with Crippen LogP contribution in [0.3, 0.4) is 0 Å². The largest absolute Gasteiger partial charge is 0.339 e. The van der Waals surface area contributed by atoms with Crippen LogP contribution in [0.2, 0.25) is 0 Å². The molecule has 0 bridgehead atoms. The highest BCUT2D eigenvalue weighted by Gasteiger charge is 2.12. The summed E-state index contributed by atoms with van der Waals surface area (Å²) in [7, 11) is 0. The van der Waals surface area contributed by atoms with E-state index in [1.807, 2.05) is 6.92 Å². The summed E-state index contributed by atoms with van der Waals surface area (Å²) < 4.78 is 5.04. The van der Waals surface area contributed by atoms with Crippen LogP contribution in [0.5, 0.6) is 0 Å². The smallest absolute Gasteiger partial charge is 0.227 e. The van der Waals surface area contributed by atoms with E-state index in [9.17, 15) is 0 Å². The molecule has 1 fully saturated rings. The third-order valence-electron chi connectivity index (χ3n) is 2.68. The van der Waals surface area contributed by atoms with Crippen molar-refractivity contribution < 1.29 is 4.52 Å². The molecule has 84 valence electrons. The van der Waals surface area contributed by atoms with Crippen molar-refractivity contribution in [3.05, 3.63) is 11.7 Å². The maximum atomic E-state index is 5.04. The molecule has 2 heterocycles. The molecule has 0 aromatic carbocycles. The molecule has 0 radical (unpaired) electrons. The standard InChI is InChI=1S/C10H18N4O/c1-8-13-10(15-14-8)4-7-12-9-2-5-11-6-3-9/h9,11-12H,2-7H2,1H3. The lowest BCUT2D eigenvalue weighted by molar-refractivity contribution is 0.355. The highest BCUT2D eigenvalue weighted by atomic mass is 16.5. The number of nitrogens with one attached hydrogen (secondary N) is 2. The lowest BCUT2D eigenvalue weighted by Crippen LogP contribution is -2.40. The van der Waals surface area contributed by atoms with Gasteiger partial charge in [-0.3, -0.25) is 0 Å². The molecule has 0 saturated carbocycles. The maximum absolute atomic E-state index is 5.04. The molecule has 1 aromatic heterocycles. The van der Waals surface area contributed by atoms with E-state index < -0.39 is 0 Å². The van der Waals surface area contributed by atoms with Crippen LogP contribution in [0.4, 0.5) is 0 Å². The third kappa shape index (κ3) is 3.28. The van der Waals surface area contributed by atoms with Gasteiger partial charge < -0.3 is 15.2 Å². The minimum atomic E-state index is 0.648. The van der Waals surface area contributed by atoms with E-state index in [4.69, 9.17) is 4.52 Å². The molecule has 0 unspecified atom stereocenters. The van der Waals surface area contributed by atoms with E-state index in [-0.39, 0.29) is 0 Å². The van der Waals surface area contributed by atoms with Crippen molar-refractivity contribution in [2.45, 2.75) is 32.2 Å². The topological polar surface area (TPSA) is 63.0 Å². The molecule has 1 saturated heterocycles. The molecule has 0 atom stereocenters. The van der Waals surface area contributed by atoms with Crippen LogP contribution in [0.1, 0.15) is 24.6 Å². The van der Waals surface area contributed by atoms with Gasteiger partial charge in [0, 0.05) is 19.0 Å². The van der Waals surface area contributed by atoms with E-state index in [0.29, 0.717) is 11.9 Å². The fourth-order valence-corrected chi connectivity index (χ4v) is 1.85. The summed E-state index contributed by atoms with van der Waals surface area (Å²) in [6.07, 6.45) is 3.25. The molecular formula is C10H18N4O. The van der Waals surface area contributed by atoms with Gasteiger partial charge in [-0.2, -0.15) is 4.98 Å². The highest BCUT2D eigenvalue weighted by molar-refractivity contribution is 4.84. The molecule has 5 nitrogen and oxygen atoms in total. The zero-order valence-corrected chi connectivity index (χ0v) is 9.12. The van der Waals surface area contributed by atoms with Crippen molar-refractivity contribution in [3.8, 4) is 0 Å². The average Bonchev–Trinajstić information content (AvgIpc) is 2.66. The molecule has 5 heteroatoms. The summed E-state index contributed by atoms with van der Waals surface area (Å²) in [4.78, 5) is 4.16. The Morgan fingerprint density at radius 3 is 2.93 bits per heavy atom. The molecule has 2 rings (SSSR count). The molecule has 1 aliphatic heterocycles. The van der Waals surface area contributed by atoms with Crippen LogP contribution >= 0.6 is 0 Å². The van der Waals surface area contributed by atoms with Gasteiger partial charge in [-0.05, 0) is 32.9 Å². The number of aromatic nitrogens is 2. The normalized spacial score (nSPS) is 18.2.